The first kappa shape index (κ1) is 22.5. The highest BCUT2D eigenvalue weighted by atomic mass is 79.9. The van der Waals surface area contributed by atoms with Crippen LogP contribution in [0.2, 0.25) is 0 Å². The SMILES string of the molecule is CCc1ccccc1NC(=O)COC(=O)CCN1C(=O)[C@@H]2[C@H]3C[C@@H]([C@H](Br)[C@@H]3Br)[C@@H]2C1=O. The van der Waals surface area contributed by atoms with Crippen LogP contribution >= 0.6 is 31.9 Å². The fraction of sp³-hybridized carbons (Fsp3) is 0.545. The Morgan fingerprint density at radius 3 is 2.32 bits per heavy atom. The maximum atomic E-state index is 12.8. The lowest BCUT2D eigenvalue weighted by Crippen LogP contribution is -2.37. The number of rotatable bonds is 7. The Balaban J connectivity index is 1.26. The maximum absolute atomic E-state index is 12.8. The molecule has 9 heteroatoms. The van der Waals surface area contributed by atoms with Gasteiger partial charge < -0.3 is 10.1 Å². The van der Waals surface area contributed by atoms with Crippen molar-refractivity contribution in [1.82, 2.24) is 4.90 Å². The third kappa shape index (κ3) is 4.06. The molecule has 7 nitrogen and oxygen atoms in total. The Morgan fingerprint density at radius 2 is 1.71 bits per heavy atom. The van der Waals surface area contributed by atoms with E-state index >= 15 is 0 Å². The normalized spacial score (nSPS) is 31.1. The lowest BCUT2D eigenvalue weighted by atomic mass is 9.81. The number of nitrogens with zero attached hydrogens (tertiary/aromatic N) is 1. The van der Waals surface area contributed by atoms with Crippen molar-refractivity contribution in [3.05, 3.63) is 29.8 Å². The molecule has 6 atom stereocenters. The number of hydrogen-bond acceptors (Lipinski definition) is 5. The van der Waals surface area contributed by atoms with Gasteiger partial charge in [0.1, 0.15) is 0 Å². The number of amides is 3. The number of para-hydroxylation sites is 1. The summed E-state index contributed by atoms with van der Waals surface area (Å²) in [5.41, 5.74) is 1.68. The van der Waals surface area contributed by atoms with E-state index in [9.17, 15) is 19.2 Å². The number of hydrogen-bond donors (Lipinski definition) is 1. The van der Waals surface area contributed by atoms with Gasteiger partial charge in [0.25, 0.3) is 5.91 Å². The number of fused-ring (bicyclic) bond motifs is 5. The zero-order chi connectivity index (χ0) is 22.3. The summed E-state index contributed by atoms with van der Waals surface area (Å²) in [6.07, 6.45) is 1.51. The summed E-state index contributed by atoms with van der Waals surface area (Å²) in [5.74, 6) is -1.73. The first-order valence-electron chi connectivity index (χ1n) is 10.5. The monoisotopic (exact) mass is 554 g/mol. The lowest BCUT2D eigenvalue weighted by Gasteiger charge is -2.28. The Morgan fingerprint density at radius 1 is 1.10 bits per heavy atom. The van der Waals surface area contributed by atoms with E-state index in [0.29, 0.717) is 5.69 Å². The van der Waals surface area contributed by atoms with Crippen molar-refractivity contribution >= 4 is 61.2 Å². The second kappa shape index (κ2) is 9.02. The number of aryl methyl sites for hydroxylation is 1. The van der Waals surface area contributed by atoms with Crippen molar-refractivity contribution in [3.63, 3.8) is 0 Å². The third-order valence-corrected chi connectivity index (χ3v) is 9.86. The van der Waals surface area contributed by atoms with Crippen LogP contribution in [0.5, 0.6) is 0 Å². The fourth-order valence-electron chi connectivity index (χ4n) is 5.19. The van der Waals surface area contributed by atoms with E-state index in [1.807, 2.05) is 25.1 Å². The van der Waals surface area contributed by atoms with E-state index in [1.54, 1.807) is 6.07 Å². The maximum Gasteiger partial charge on any atom is 0.308 e. The van der Waals surface area contributed by atoms with Crippen molar-refractivity contribution in [1.29, 1.82) is 0 Å². The quantitative estimate of drug-likeness (QED) is 0.317. The Hall–Kier alpha value is -1.74. The highest BCUT2D eigenvalue weighted by Crippen LogP contribution is 2.60. The molecule has 4 rings (SSSR count). The van der Waals surface area contributed by atoms with Gasteiger partial charge in [0, 0.05) is 21.9 Å². The van der Waals surface area contributed by atoms with Gasteiger partial charge in [-0.3, -0.25) is 24.1 Å². The van der Waals surface area contributed by atoms with Crippen molar-refractivity contribution in [2.45, 2.75) is 35.8 Å². The van der Waals surface area contributed by atoms with E-state index in [1.165, 1.54) is 4.90 Å². The molecule has 0 radical (unpaired) electrons. The second-order valence-corrected chi connectivity index (χ2v) is 10.4. The molecule has 0 aromatic heterocycles. The van der Waals surface area contributed by atoms with Crippen LogP contribution in [0.4, 0.5) is 5.69 Å². The predicted molar refractivity (Wildman–Crippen MR) is 121 cm³/mol. The first-order chi connectivity index (χ1) is 14.8. The largest absolute Gasteiger partial charge is 0.456 e. The number of carbonyl (C=O) groups excluding carboxylic acids is 4. The average Bonchev–Trinajstić information content (AvgIpc) is 3.36. The summed E-state index contributed by atoms with van der Waals surface area (Å²) in [5, 5.41) is 2.74. The predicted octanol–water partition coefficient (Wildman–Crippen LogP) is 2.90. The van der Waals surface area contributed by atoms with Crippen LogP contribution in [0, 0.1) is 23.7 Å². The molecular weight excluding hydrogens is 532 g/mol. The molecule has 1 N–H and O–H groups in total. The zero-order valence-corrected chi connectivity index (χ0v) is 20.2. The molecule has 1 heterocycles. The van der Waals surface area contributed by atoms with Crippen molar-refractivity contribution in [2.75, 3.05) is 18.5 Å². The zero-order valence-electron chi connectivity index (χ0n) is 17.1. The molecule has 0 spiro atoms. The van der Waals surface area contributed by atoms with Crippen LogP contribution in [0.1, 0.15) is 25.3 Å². The van der Waals surface area contributed by atoms with E-state index in [0.717, 1.165) is 18.4 Å². The number of imide groups is 1. The van der Waals surface area contributed by atoms with E-state index in [2.05, 4.69) is 37.2 Å². The number of anilines is 1. The molecule has 3 amide bonds. The summed E-state index contributed by atoms with van der Waals surface area (Å²) < 4.78 is 5.05. The van der Waals surface area contributed by atoms with Gasteiger partial charge in [0.15, 0.2) is 6.61 Å². The van der Waals surface area contributed by atoms with Crippen molar-refractivity contribution in [2.24, 2.45) is 23.7 Å². The number of halogens is 2. The second-order valence-electron chi connectivity index (χ2n) is 8.30. The van der Waals surface area contributed by atoms with Crippen LogP contribution in [0.25, 0.3) is 0 Å². The van der Waals surface area contributed by atoms with Crippen LogP contribution < -0.4 is 5.32 Å². The molecule has 166 valence electrons. The average molecular weight is 556 g/mol. The molecule has 1 aromatic rings. The summed E-state index contributed by atoms with van der Waals surface area (Å²) in [7, 11) is 0. The summed E-state index contributed by atoms with van der Waals surface area (Å²) in [6, 6.07) is 7.43. The lowest BCUT2D eigenvalue weighted by molar-refractivity contribution is -0.149. The minimum absolute atomic E-state index is 0.0108. The van der Waals surface area contributed by atoms with Crippen molar-refractivity contribution in [3.8, 4) is 0 Å². The molecule has 3 aliphatic rings. The molecule has 2 bridgehead atoms. The number of nitrogens with one attached hydrogen (secondary N) is 1. The van der Waals surface area contributed by atoms with Gasteiger partial charge in [-0.2, -0.15) is 0 Å². The number of alkyl halides is 2. The first-order valence-corrected chi connectivity index (χ1v) is 12.3. The van der Waals surface area contributed by atoms with E-state index < -0.39 is 18.5 Å². The standard InChI is InChI=1S/C22H24Br2N2O5/c1-2-11-5-3-4-6-14(11)25-15(27)10-31-16(28)7-8-26-21(29)17-12-9-13(18(17)22(26)30)20(24)19(12)23/h3-6,12-13,17-20H,2,7-10H2,1H3,(H,25,27)/t12-,13-,17-,18+,19-,20+/m1/s1. The molecule has 1 saturated heterocycles. The number of ether oxygens (including phenoxy) is 1. The Kier molecular flexibility index (Phi) is 6.53. The number of benzene rings is 1. The van der Waals surface area contributed by atoms with Crippen LogP contribution in [-0.2, 0) is 30.3 Å². The van der Waals surface area contributed by atoms with Crippen molar-refractivity contribution < 1.29 is 23.9 Å². The highest BCUT2D eigenvalue weighted by molar-refractivity contribution is 9.12. The van der Waals surface area contributed by atoms with Crippen LogP contribution in [-0.4, -0.2) is 51.4 Å². The van der Waals surface area contributed by atoms with Gasteiger partial charge in [-0.15, -0.1) is 0 Å². The van der Waals surface area contributed by atoms with Crippen LogP contribution in [0.15, 0.2) is 24.3 Å². The summed E-state index contributed by atoms with van der Waals surface area (Å²) >= 11 is 7.31. The topological polar surface area (TPSA) is 92.8 Å². The van der Waals surface area contributed by atoms with E-state index in [-0.39, 0.29) is 58.1 Å². The van der Waals surface area contributed by atoms with Crippen LogP contribution in [0.3, 0.4) is 0 Å². The van der Waals surface area contributed by atoms with Gasteiger partial charge in [-0.25, -0.2) is 0 Å². The molecule has 2 saturated carbocycles. The van der Waals surface area contributed by atoms with Gasteiger partial charge in [-0.05, 0) is 36.3 Å². The highest BCUT2D eigenvalue weighted by Gasteiger charge is 2.66. The van der Waals surface area contributed by atoms with E-state index in [4.69, 9.17) is 4.74 Å². The Bertz CT molecular complexity index is 891. The molecule has 31 heavy (non-hydrogen) atoms. The minimum Gasteiger partial charge on any atom is -0.456 e. The molecule has 3 fully saturated rings. The number of carbonyl (C=O) groups is 4. The molecule has 1 aromatic carbocycles. The Labute approximate surface area is 197 Å². The fourth-order valence-corrected chi connectivity index (χ4v) is 7.06. The smallest absolute Gasteiger partial charge is 0.308 e. The summed E-state index contributed by atoms with van der Waals surface area (Å²) in [4.78, 5) is 51.5. The number of likely N-dealkylation sites (tertiary alicyclic amines) is 1. The molecule has 0 unspecified atom stereocenters. The minimum atomic E-state index is -0.615. The molecule has 1 aliphatic heterocycles. The third-order valence-electron chi connectivity index (χ3n) is 6.65. The van der Waals surface area contributed by atoms with Gasteiger partial charge in [-0.1, -0.05) is 57.0 Å². The molecular formula is C22H24Br2N2O5. The van der Waals surface area contributed by atoms with Gasteiger partial charge in [0.05, 0.1) is 18.3 Å². The van der Waals surface area contributed by atoms with Gasteiger partial charge >= 0.3 is 5.97 Å². The molecule has 2 aliphatic carbocycles. The summed E-state index contributed by atoms with van der Waals surface area (Å²) in [6.45, 7) is 1.56. The van der Waals surface area contributed by atoms with Gasteiger partial charge in [0.2, 0.25) is 11.8 Å². The number of esters is 1.